The molecule has 0 aliphatic rings. The van der Waals surface area contributed by atoms with E-state index in [4.69, 9.17) is 0 Å². The molecule has 0 bridgehead atoms. The van der Waals surface area contributed by atoms with Crippen molar-refractivity contribution in [2.45, 2.75) is 52.0 Å². The monoisotopic (exact) mass is 327 g/mol. The average molecular weight is 328 g/mol. The highest BCUT2D eigenvalue weighted by Crippen LogP contribution is 2.22. The first-order chi connectivity index (χ1) is 9.08. The second-order valence-corrected chi connectivity index (χ2v) is 5.68. The van der Waals surface area contributed by atoms with Gasteiger partial charge in [-0.2, -0.15) is 0 Å². The largest absolute Gasteiger partial charge is 0.507 e. The van der Waals surface area contributed by atoms with Crippen LogP contribution in [0, 0.1) is 0 Å². The van der Waals surface area contributed by atoms with Crippen LogP contribution in [0.25, 0.3) is 0 Å². The number of halogens is 1. The van der Waals surface area contributed by atoms with Crippen molar-refractivity contribution >= 4 is 21.8 Å². The van der Waals surface area contributed by atoms with Gasteiger partial charge in [0.25, 0.3) is 5.91 Å². The van der Waals surface area contributed by atoms with E-state index in [0.29, 0.717) is 5.56 Å². The first-order valence-electron chi connectivity index (χ1n) is 6.87. The highest BCUT2D eigenvalue weighted by atomic mass is 79.9. The van der Waals surface area contributed by atoms with Crippen molar-refractivity contribution in [2.75, 3.05) is 0 Å². The highest BCUT2D eigenvalue weighted by Gasteiger charge is 2.15. The molecule has 0 fully saturated rings. The first-order valence-corrected chi connectivity index (χ1v) is 7.67. The fourth-order valence-electron chi connectivity index (χ4n) is 2.05. The summed E-state index contributed by atoms with van der Waals surface area (Å²) in [7, 11) is 0. The Labute approximate surface area is 123 Å². The lowest BCUT2D eigenvalue weighted by Gasteiger charge is -2.18. The molecule has 0 aromatic heterocycles. The van der Waals surface area contributed by atoms with Crippen molar-refractivity contribution in [1.29, 1.82) is 0 Å². The normalized spacial score (nSPS) is 12.2. The number of aromatic hydroxyl groups is 1. The van der Waals surface area contributed by atoms with E-state index in [1.807, 2.05) is 0 Å². The van der Waals surface area contributed by atoms with Gasteiger partial charge in [0.2, 0.25) is 0 Å². The van der Waals surface area contributed by atoms with Crippen LogP contribution in [0.1, 0.15) is 56.3 Å². The Hall–Kier alpha value is -1.03. The number of nitrogens with one attached hydrogen (secondary N) is 1. The van der Waals surface area contributed by atoms with E-state index < -0.39 is 0 Å². The van der Waals surface area contributed by atoms with Gasteiger partial charge < -0.3 is 10.4 Å². The minimum absolute atomic E-state index is 0.0117. The molecule has 0 saturated heterocycles. The fourth-order valence-corrected chi connectivity index (χ4v) is 2.40. The molecule has 1 atom stereocenters. The zero-order valence-corrected chi connectivity index (χ0v) is 13.2. The maximum absolute atomic E-state index is 12.1. The van der Waals surface area contributed by atoms with Crippen LogP contribution in [-0.2, 0) is 0 Å². The van der Waals surface area contributed by atoms with Gasteiger partial charge in [0, 0.05) is 10.5 Å². The summed E-state index contributed by atoms with van der Waals surface area (Å²) in [6.07, 6.45) is 5.24. The molecule has 0 radical (unpaired) electrons. The lowest BCUT2D eigenvalue weighted by atomic mass is 10.0. The van der Waals surface area contributed by atoms with Crippen molar-refractivity contribution in [2.24, 2.45) is 0 Å². The van der Waals surface area contributed by atoms with Gasteiger partial charge in [0.1, 0.15) is 5.75 Å². The Balaban J connectivity index is 2.69. The van der Waals surface area contributed by atoms with Gasteiger partial charge in [-0.05, 0) is 31.0 Å². The Morgan fingerprint density at radius 3 is 2.63 bits per heavy atom. The van der Waals surface area contributed by atoms with E-state index in [0.717, 1.165) is 36.6 Å². The number of phenolic OH excluding ortho intramolecular Hbond substituents is 1. The number of carbonyl (C=O) groups excluding carboxylic acids is 1. The third-order valence-electron chi connectivity index (χ3n) is 3.08. The molecule has 106 valence electrons. The highest BCUT2D eigenvalue weighted by molar-refractivity contribution is 9.10. The second-order valence-electron chi connectivity index (χ2n) is 4.76. The molecule has 0 heterocycles. The van der Waals surface area contributed by atoms with Crippen LogP contribution in [0.2, 0.25) is 0 Å². The summed E-state index contributed by atoms with van der Waals surface area (Å²) in [6.45, 7) is 4.26. The fraction of sp³-hybridized carbons (Fsp3) is 0.533. The number of phenols is 1. The van der Waals surface area contributed by atoms with Crippen LogP contribution < -0.4 is 5.32 Å². The molecule has 1 rings (SSSR count). The summed E-state index contributed by atoms with van der Waals surface area (Å²) >= 11 is 3.26. The summed E-state index contributed by atoms with van der Waals surface area (Å²) in [6, 6.07) is 5.13. The van der Waals surface area contributed by atoms with Gasteiger partial charge in [0.15, 0.2) is 0 Å². The molecule has 1 aromatic rings. The van der Waals surface area contributed by atoms with Crippen LogP contribution in [-0.4, -0.2) is 17.1 Å². The lowest BCUT2D eigenvalue weighted by molar-refractivity contribution is 0.0929. The number of hydrogen-bond donors (Lipinski definition) is 2. The van der Waals surface area contributed by atoms with Gasteiger partial charge in [0.05, 0.1) is 5.56 Å². The molecule has 2 N–H and O–H groups in total. The standard InChI is InChI=1S/C15H22BrNO2/c1-3-5-7-12(6-4-2)17-15(19)13-9-8-11(16)10-14(13)18/h8-10,12,18H,3-7H2,1-2H3,(H,17,19). The minimum atomic E-state index is -0.195. The van der Waals surface area contributed by atoms with E-state index >= 15 is 0 Å². The maximum Gasteiger partial charge on any atom is 0.255 e. The molecule has 0 aliphatic carbocycles. The van der Waals surface area contributed by atoms with Gasteiger partial charge >= 0.3 is 0 Å². The van der Waals surface area contributed by atoms with Gasteiger partial charge in [-0.15, -0.1) is 0 Å². The number of rotatable bonds is 7. The van der Waals surface area contributed by atoms with Gasteiger partial charge in [-0.3, -0.25) is 4.79 Å². The van der Waals surface area contributed by atoms with E-state index in [2.05, 4.69) is 35.1 Å². The Morgan fingerprint density at radius 1 is 1.32 bits per heavy atom. The number of benzene rings is 1. The van der Waals surface area contributed by atoms with Crippen molar-refractivity contribution in [3.8, 4) is 5.75 Å². The van der Waals surface area contributed by atoms with Crippen molar-refractivity contribution in [3.63, 3.8) is 0 Å². The average Bonchev–Trinajstić information content (AvgIpc) is 2.36. The lowest BCUT2D eigenvalue weighted by Crippen LogP contribution is -2.34. The van der Waals surface area contributed by atoms with Gasteiger partial charge in [-0.25, -0.2) is 0 Å². The molecule has 1 amide bonds. The zero-order chi connectivity index (χ0) is 14.3. The molecule has 1 unspecified atom stereocenters. The molecule has 1 aromatic carbocycles. The minimum Gasteiger partial charge on any atom is -0.507 e. The van der Waals surface area contributed by atoms with Crippen LogP contribution in [0.4, 0.5) is 0 Å². The van der Waals surface area contributed by atoms with Crippen LogP contribution in [0.5, 0.6) is 5.75 Å². The Kier molecular flexibility index (Phi) is 6.92. The van der Waals surface area contributed by atoms with Crippen LogP contribution in [0.3, 0.4) is 0 Å². The van der Waals surface area contributed by atoms with E-state index in [1.54, 1.807) is 12.1 Å². The molecule has 19 heavy (non-hydrogen) atoms. The van der Waals surface area contributed by atoms with Crippen LogP contribution in [0.15, 0.2) is 22.7 Å². The number of carbonyl (C=O) groups is 1. The number of hydrogen-bond acceptors (Lipinski definition) is 2. The molecular formula is C15H22BrNO2. The van der Waals surface area contributed by atoms with Crippen molar-refractivity contribution < 1.29 is 9.90 Å². The molecule has 3 nitrogen and oxygen atoms in total. The van der Waals surface area contributed by atoms with Crippen LogP contribution >= 0.6 is 15.9 Å². The van der Waals surface area contributed by atoms with E-state index in [-0.39, 0.29) is 17.7 Å². The number of amides is 1. The Morgan fingerprint density at radius 2 is 2.05 bits per heavy atom. The summed E-state index contributed by atoms with van der Waals surface area (Å²) < 4.78 is 0.762. The third kappa shape index (κ3) is 5.23. The van der Waals surface area contributed by atoms with E-state index in [9.17, 15) is 9.90 Å². The predicted molar refractivity (Wildman–Crippen MR) is 81.5 cm³/mol. The maximum atomic E-state index is 12.1. The van der Waals surface area contributed by atoms with Crippen molar-refractivity contribution in [1.82, 2.24) is 5.32 Å². The number of unbranched alkanes of at least 4 members (excludes halogenated alkanes) is 1. The summed E-state index contributed by atoms with van der Waals surface area (Å²) in [5.74, 6) is -0.183. The zero-order valence-electron chi connectivity index (χ0n) is 11.6. The molecule has 0 saturated carbocycles. The topological polar surface area (TPSA) is 49.3 Å². The third-order valence-corrected chi connectivity index (χ3v) is 3.58. The molecule has 0 aliphatic heterocycles. The van der Waals surface area contributed by atoms with Gasteiger partial charge in [-0.1, -0.05) is 49.0 Å². The predicted octanol–water partition coefficient (Wildman–Crippen LogP) is 4.24. The first kappa shape index (κ1) is 16.0. The van der Waals surface area contributed by atoms with Crippen molar-refractivity contribution in [3.05, 3.63) is 28.2 Å². The molecular weight excluding hydrogens is 306 g/mol. The summed E-state index contributed by atoms with van der Waals surface area (Å²) in [5, 5.41) is 12.8. The quantitative estimate of drug-likeness (QED) is 0.786. The molecule has 4 heteroatoms. The van der Waals surface area contributed by atoms with E-state index in [1.165, 1.54) is 6.07 Å². The summed E-state index contributed by atoms with van der Waals surface area (Å²) in [4.78, 5) is 12.1. The SMILES string of the molecule is CCCCC(CCC)NC(=O)c1ccc(Br)cc1O. The molecule has 0 spiro atoms. The smallest absolute Gasteiger partial charge is 0.255 e. The Bertz CT molecular complexity index is 421. The second kappa shape index (κ2) is 8.20. The summed E-state index contributed by atoms with van der Waals surface area (Å²) in [5.41, 5.74) is 0.334.